The molecule has 106 valence electrons. The molecule has 1 aliphatic carbocycles. The molecule has 0 bridgehead atoms. The number of hydrogen-bond donors (Lipinski definition) is 3. The highest BCUT2D eigenvalue weighted by Gasteiger charge is 2.27. The van der Waals surface area contributed by atoms with E-state index < -0.39 is 5.82 Å². The van der Waals surface area contributed by atoms with Crippen molar-refractivity contribution in [2.75, 3.05) is 5.73 Å². The van der Waals surface area contributed by atoms with Crippen molar-refractivity contribution in [1.29, 1.82) is 0 Å². The van der Waals surface area contributed by atoms with E-state index in [-0.39, 0.29) is 17.4 Å². The Kier molecular flexibility index (Phi) is 5.11. The smallest absolute Gasteiger partial charge is 0.155 e. The minimum absolute atomic E-state index is 0.0450. The van der Waals surface area contributed by atoms with Gasteiger partial charge in [0.1, 0.15) is 5.82 Å². The number of hydrazone groups is 1. The molecule has 1 saturated carbocycles. The number of nitrogens with zero attached hydrogens (tertiary/aromatic N) is 2. The molecular weight excluding hydrogens is 245 g/mol. The summed E-state index contributed by atoms with van der Waals surface area (Å²) in [5.41, 5.74) is 12.8. The highest BCUT2D eigenvalue weighted by Crippen LogP contribution is 2.24. The third-order valence-corrected chi connectivity index (χ3v) is 2.78. The van der Waals surface area contributed by atoms with E-state index in [9.17, 15) is 4.39 Å². The van der Waals surface area contributed by atoms with Crippen LogP contribution in [0.25, 0.3) is 0 Å². The summed E-state index contributed by atoms with van der Waals surface area (Å²) in [7, 11) is 0. The van der Waals surface area contributed by atoms with E-state index in [4.69, 9.17) is 17.3 Å². The first-order valence-corrected chi connectivity index (χ1v) is 6.43. The molecule has 0 unspecified atom stereocenters. The van der Waals surface area contributed by atoms with Gasteiger partial charge in [-0.25, -0.2) is 15.4 Å². The van der Waals surface area contributed by atoms with E-state index in [0.717, 1.165) is 12.8 Å². The lowest BCUT2D eigenvalue weighted by atomic mass is 10.1. The summed E-state index contributed by atoms with van der Waals surface area (Å²) in [5.74, 6) is 5.25. The zero-order valence-corrected chi connectivity index (χ0v) is 11.7. The first-order valence-electron chi connectivity index (χ1n) is 6.43. The van der Waals surface area contributed by atoms with Crippen LogP contribution in [-0.2, 0) is 0 Å². The van der Waals surface area contributed by atoms with Gasteiger partial charge in [-0.05, 0) is 37.5 Å². The lowest BCUT2D eigenvalue weighted by Gasteiger charge is -2.13. The van der Waals surface area contributed by atoms with Crippen LogP contribution in [0.2, 0.25) is 0 Å². The van der Waals surface area contributed by atoms with Crippen LogP contribution in [0.5, 0.6) is 0 Å². The van der Waals surface area contributed by atoms with Crippen molar-refractivity contribution in [2.45, 2.75) is 39.7 Å². The van der Waals surface area contributed by atoms with Crippen molar-refractivity contribution < 1.29 is 4.39 Å². The second-order valence-electron chi connectivity index (χ2n) is 4.29. The number of nitrogens with two attached hydrogens (primary N) is 3. The van der Waals surface area contributed by atoms with Crippen LogP contribution >= 0.6 is 0 Å². The van der Waals surface area contributed by atoms with Crippen molar-refractivity contribution in [2.24, 2.45) is 16.7 Å². The third-order valence-electron chi connectivity index (χ3n) is 2.78. The molecule has 6 heteroatoms. The van der Waals surface area contributed by atoms with E-state index in [2.05, 4.69) is 5.10 Å². The summed E-state index contributed by atoms with van der Waals surface area (Å²) in [4.78, 5) is 0. The van der Waals surface area contributed by atoms with Gasteiger partial charge >= 0.3 is 0 Å². The molecule has 0 saturated heterocycles. The molecule has 0 heterocycles. The van der Waals surface area contributed by atoms with E-state index in [1.54, 1.807) is 6.92 Å². The normalized spacial score (nSPS) is 14.7. The minimum atomic E-state index is -0.442. The van der Waals surface area contributed by atoms with Crippen molar-refractivity contribution >= 4 is 11.5 Å². The molecule has 0 amide bonds. The van der Waals surface area contributed by atoms with E-state index in [1.807, 2.05) is 13.8 Å². The SMILES string of the molecule is CC.Cc1cc(F)c(/C(N)=N/N(N)C2CC2)cc1N. The molecular formula is C13H22FN5. The summed E-state index contributed by atoms with van der Waals surface area (Å²) >= 11 is 0. The number of hydrogen-bond acceptors (Lipinski definition) is 4. The maximum absolute atomic E-state index is 13.7. The van der Waals surface area contributed by atoms with Gasteiger partial charge in [0.15, 0.2) is 5.84 Å². The Morgan fingerprint density at radius 3 is 2.47 bits per heavy atom. The molecule has 0 aliphatic heterocycles. The number of hydrazine groups is 1. The van der Waals surface area contributed by atoms with Crippen molar-refractivity contribution in [1.82, 2.24) is 5.12 Å². The molecule has 19 heavy (non-hydrogen) atoms. The van der Waals surface area contributed by atoms with Crippen LogP contribution in [0, 0.1) is 12.7 Å². The molecule has 0 aromatic heterocycles. The lowest BCUT2D eigenvalue weighted by molar-refractivity contribution is 0.288. The van der Waals surface area contributed by atoms with Crippen molar-refractivity contribution in [3.63, 3.8) is 0 Å². The molecule has 1 aliphatic rings. The van der Waals surface area contributed by atoms with Crippen molar-refractivity contribution in [3.8, 4) is 0 Å². The first-order chi connectivity index (χ1) is 8.99. The number of amidine groups is 1. The summed E-state index contributed by atoms with van der Waals surface area (Å²) in [6.45, 7) is 5.73. The summed E-state index contributed by atoms with van der Waals surface area (Å²) in [6.07, 6.45) is 1.98. The number of aryl methyl sites for hydroxylation is 1. The van der Waals surface area contributed by atoms with Gasteiger partial charge in [0, 0.05) is 5.69 Å². The van der Waals surface area contributed by atoms with E-state index >= 15 is 0 Å². The van der Waals surface area contributed by atoms with Crippen LogP contribution in [0.1, 0.15) is 37.8 Å². The zero-order chi connectivity index (χ0) is 14.6. The average Bonchev–Trinajstić information content (AvgIpc) is 3.20. The van der Waals surface area contributed by atoms with Crippen LogP contribution < -0.4 is 17.3 Å². The van der Waals surface area contributed by atoms with Crippen molar-refractivity contribution in [3.05, 3.63) is 29.1 Å². The number of anilines is 1. The summed E-state index contributed by atoms with van der Waals surface area (Å²) in [6, 6.07) is 3.04. The fourth-order valence-corrected chi connectivity index (χ4v) is 1.48. The topological polar surface area (TPSA) is 93.7 Å². The van der Waals surface area contributed by atoms with Gasteiger partial charge in [-0.1, -0.05) is 13.8 Å². The van der Waals surface area contributed by atoms with Gasteiger partial charge in [0.05, 0.1) is 11.6 Å². The van der Waals surface area contributed by atoms with Crippen LogP contribution in [0.3, 0.4) is 0 Å². The quantitative estimate of drug-likeness (QED) is 0.255. The Morgan fingerprint density at radius 2 is 1.95 bits per heavy atom. The predicted octanol–water partition coefficient (Wildman–Crippen LogP) is 1.70. The Balaban J connectivity index is 0.000000861. The largest absolute Gasteiger partial charge is 0.398 e. The molecule has 2 rings (SSSR count). The van der Waals surface area contributed by atoms with Gasteiger partial charge in [0.2, 0.25) is 0 Å². The molecule has 5 nitrogen and oxygen atoms in total. The molecule has 0 atom stereocenters. The highest BCUT2D eigenvalue weighted by molar-refractivity contribution is 5.98. The first kappa shape index (κ1) is 15.2. The number of benzene rings is 1. The minimum Gasteiger partial charge on any atom is -0.398 e. The number of halogens is 1. The predicted molar refractivity (Wildman–Crippen MR) is 76.7 cm³/mol. The second kappa shape index (κ2) is 6.38. The van der Waals surface area contributed by atoms with Gasteiger partial charge in [-0.15, -0.1) is 5.10 Å². The Morgan fingerprint density at radius 1 is 1.37 bits per heavy atom. The fraction of sp³-hybridized carbons (Fsp3) is 0.462. The second-order valence-corrected chi connectivity index (χ2v) is 4.29. The summed E-state index contributed by atoms with van der Waals surface area (Å²) < 4.78 is 13.7. The Hall–Kier alpha value is -1.82. The monoisotopic (exact) mass is 267 g/mol. The molecule has 1 fully saturated rings. The molecule has 0 radical (unpaired) electrons. The fourth-order valence-electron chi connectivity index (χ4n) is 1.48. The maximum Gasteiger partial charge on any atom is 0.155 e. The van der Waals surface area contributed by atoms with Crippen LogP contribution in [0.15, 0.2) is 17.2 Å². The lowest BCUT2D eigenvalue weighted by Crippen LogP contribution is -2.31. The van der Waals surface area contributed by atoms with E-state index in [0.29, 0.717) is 11.3 Å². The molecule has 1 aromatic carbocycles. The zero-order valence-electron chi connectivity index (χ0n) is 11.7. The Labute approximate surface area is 113 Å². The highest BCUT2D eigenvalue weighted by atomic mass is 19.1. The number of rotatable bonds is 3. The average molecular weight is 267 g/mol. The Bertz CT molecular complexity index is 468. The standard InChI is InChI=1S/C11H16FN5.C2H6/c1-6-4-9(12)8(5-10(6)13)11(14)16-17(15)7-2-3-7;1-2/h4-5,7H,2-3,13,15H2,1H3,(H2,14,16);1-2H3. The van der Waals surface area contributed by atoms with Crippen LogP contribution in [0.4, 0.5) is 10.1 Å². The summed E-state index contributed by atoms with van der Waals surface area (Å²) in [5, 5.41) is 5.23. The maximum atomic E-state index is 13.7. The van der Waals surface area contributed by atoms with E-state index in [1.165, 1.54) is 17.3 Å². The molecule has 1 aromatic rings. The van der Waals surface area contributed by atoms with Crippen LogP contribution in [-0.4, -0.2) is 17.0 Å². The molecule has 6 N–H and O–H groups in total. The molecule has 0 spiro atoms. The van der Waals surface area contributed by atoms with Gasteiger partial charge in [-0.2, -0.15) is 0 Å². The van der Waals surface area contributed by atoms with Gasteiger partial charge in [-0.3, -0.25) is 0 Å². The third kappa shape index (κ3) is 3.82. The van der Waals surface area contributed by atoms with Gasteiger partial charge in [0.25, 0.3) is 0 Å². The number of nitrogen functional groups attached to an aromatic ring is 1. The van der Waals surface area contributed by atoms with Gasteiger partial charge < -0.3 is 11.5 Å².